The molecule has 0 atom stereocenters. The number of nitrogens with one attached hydrogen (secondary N) is 1. The van der Waals surface area contributed by atoms with Crippen LogP contribution in [0.1, 0.15) is 18.9 Å². The molecule has 0 aliphatic heterocycles. The van der Waals surface area contributed by atoms with Crippen LogP contribution in [0.5, 0.6) is 0 Å². The van der Waals surface area contributed by atoms with Crippen LogP contribution in [0, 0.1) is 10.1 Å². The predicted octanol–water partition coefficient (Wildman–Crippen LogP) is 3.62. The van der Waals surface area contributed by atoms with Crippen LogP contribution in [0.15, 0.2) is 64.6 Å². The van der Waals surface area contributed by atoms with E-state index in [2.05, 4.69) is 10.5 Å². The average molecular weight is 343 g/mol. The molecule has 0 aliphatic rings. The number of thioether (sulfide) groups is 1. The number of hydrazone groups is 1. The number of amides is 1. The number of benzene rings is 2. The molecule has 0 fully saturated rings. The Morgan fingerprint density at radius 3 is 2.67 bits per heavy atom. The summed E-state index contributed by atoms with van der Waals surface area (Å²) in [4.78, 5) is 23.2. The Balaban J connectivity index is 1.84. The van der Waals surface area contributed by atoms with Gasteiger partial charge in [0.25, 0.3) is 5.69 Å². The van der Waals surface area contributed by atoms with Gasteiger partial charge in [-0.2, -0.15) is 5.10 Å². The van der Waals surface area contributed by atoms with Crippen LogP contribution in [0.3, 0.4) is 0 Å². The van der Waals surface area contributed by atoms with Crippen molar-refractivity contribution in [3.8, 4) is 0 Å². The fourth-order valence-electron chi connectivity index (χ4n) is 1.89. The van der Waals surface area contributed by atoms with Crippen molar-refractivity contribution in [3.05, 3.63) is 70.3 Å². The number of nitro benzene ring substituents is 1. The third kappa shape index (κ3) is 5.51. The van der Waals surface area contributed by atoms with E-state index in [1.165, 1.54) is 12.1 Å². The zero-order valence-electron chi connectivity index (χ0n) is 13.1. The Morgan fingerprint density at radius 1 is 1.21 bits per heavy atom. The number of carbonyl (C=O) groups excluding carboxylic acids is 1. The summed E-state index contributed by atoms with van der Waals surface area (Å²) in [6, 6.07) is 16.0. The van der Waals surface area contributed by atoms with Crippen LogP contribution in [0.4, 0.5) is 5.69 Å². The summed E-state index contributed by atoms with van der Waals surface area (Å²) < 4.78 is 0. The third-order valence-corrected chi connectivity index (χ3v) is 4.18. The van der Waals surface area contributed by atoms with Gasteiger partial charge < -0.3 is 0 Å². The molecule has 0 spiro atoms. The molecule has 7 heteroatoms. The molecule has 24 heavy (non-hydrogen) atoms. The van der Waals surface area contributed by atoms with E-state index in [-0.39, 0.29) is 11.6 Å². The van der Waals surface area contributed by atoms with Gasteiger partial charge in [-0.3, -0.25) is 14.9 Å². The highest BCUT2D eigenvalue weighted by atomic mass is 32.2. The van der Waals surface area contributed by atoms with E-state index in [9.17, 15) is 14.9 Å². The van der Waals surface area contributed by atoms with Crippen molar-refractivity contribution < 1.29 is 9.72 Å². The fraction of sp³-hybridized carbons (Fsp3) is 0.176. The van der Waals surface area contributed by atoms with Crippen LogP contribution in [0.2, 0.25) is 0 Å². The molecule has 0 saturated heterocycles. The molecule has 0 aromatic heterocycles. The first kappa shape index (κ1) is 17.7. The summed E-state index contributed by atoms with van der Waals surface area (Å²) in [6.07, 6.45) is 0.339. The summed E-state index contributed by atoms with van der Waals surface area (Å²) in [6.45, 7) is 1.69. The second-order valence-corrected chi connectivity index (χ2v) is 6.12. The molecule has 2 rings (SSSR count). The van der Waals surface area contributed by atoms with Gasteiger partial charge in [0.15, 0.2) is 0 Å². The molecule has 0 unspecified atom stereocenters. The number of rotatable bonds is 7. The number of hydrogen-bond donors (Lipinski definition) is 1. The molecule has 1 amide bonds. The fourth-order valence-corrected chi connectivity index (χ4v) is 2.76. The Hall–Kier alpha value is -2.67. The van der Waals surface area contributed by atoms with Crippen molar-refractivity contribution in [3.63, 3.8) is 0 Å². The Morgan fingerprint density at radius 2 is 1.96 bits per heavy atom. The number of carbonyl (C=O) groups is 1. The van der Waals surface area contributed by atoms with Gasteiger partial charge in [0.2, 0.25) is 5.91 Å². The van der Waals surface area contributed by atoms with Gasteiger partial charge in [0, 0.05) is 34.8 Å². The van der Waals surface area contributed by atoms with E-state index in [1.54, 1.807) is 30.8 Å². The molecule has 6 nitrogen and oxygen atoms in total. The quantitative estimate of drug-likeness (QED) is 0.360. The topological polar surface area (TPSA) is 84.6 Å². The highest BCUT2D eigenvalue weighted by molar-refractivity contribution is 7.99. The van der Waals surface area contributed by atoms with E-state index in [4.69, 9.17) is 0 Å². The van der Waals surface area contributed by atoms with E-state index in [1.807, 2.05) is 30.3 Å². The smallest absolute Gasteiger partial charge is 0.270 e. The second kappa shape index (κ2) is 8.83. The van der Waals surface area contributed by atoms with Crippen molar-refractivity contribution in [1.29, 1.82) is 0 Å². The van der Waals surface area contributed by atoms with Crippen LogP contribution >= 0.6 is 11.8 Å². The second-order valence-electron chi connectivity index (χ2n) is 4.95. The van der Waals surface area contributed by atoms with Gasteiger partial charge in [-0.1, -0.05) is 30.3 Å². The lowest BCUT2D eigenvalue weighted by Crippen LogP contribution is -2.19. The maximum Gasteiger partial charge on any atom is 0.270 e. The van der Waals surface area contributed by atoms with Gasteiger partial charge >= 0.3 is 0 Å². The Labute approximate surface area is 144 Å². The summed E-state index contributed by atoms with van der Waals surface area (Å²) >= 11 is 1.60. The zero-order valence-corrected chi connectivity index (χ0v) is 14.0. The third-order valence-electron chi connectivity index (χ3n) is 3.16. The van der Waals surface area contributed by atoms with Crippen molar-refractivity contribution in [2.45, 2.75) is 18.2 Å². The molecule has 0 saturated carbocycles. The van der Waals surface area contributed by atoms with Crippen molar-refractivity contribution in [2.24, 2.45) is 5.10 Å². The molecule has 2 aromatic rings. The molecule has 0 radical (unpaired) electrons. The lowest BCUT2D eigenvalue weighted by Gasteiger charge is -2.03. The Bertz CT molecular complexity index is 748. The van der Waals surface area contributed by atoms with Crippen LogP contribution in [-0.4, -0.2) is 22.3 Å². The molecular formula is C17H17N3O3S. The van der Waals surface area contributed by atoms with Gasteiger partial charge in [0.1, 0.15) is 0 Å². The van der Waals surface area contributed by atoms with Gasteiger partial charge in [0.05, 0.1) is 10.6 Å². The predicted molar refractivity (Wildman–Crippen MR) is 95.2 cm³/mol. The largest absolute Gasteiger partial charge is 0.273 e. The van der Waals surface area contributed by atoms with Crippen LogP contribution in [-0.2, 0) is 4.79 Å². The molecule has 0 aliphatic carbocycles. The summed E-state index contributed by atoms with van der Waals surface area (Å²) in [5, 5.41) is 14.8. The van der Waals surface area contributed by atoms with E-state index in [0.29, 0.717) is 23.4 Å². The number of nitro groups is 1. The number of hydrogen-bond acceptors (Lipinski definition) is 5. The van der Waals surface area contributed by atoms with E-state index < -0.39 is 4.92 Å². The van der Waals surface area contributed by atoms with Gasteiger partial charge in [-0.05, 0) is 19.1 Å². The molecular weight excluding hydrogens is 326 g/mol. The minimum absolute atomic E-state index is 0.00682. The number of nitrogens with zero attached hydrogens (tertiary/aromatic N) is 2. The minimum atomic E-state index is -0.462. The highest BCUT2D eigenvalue weighted by Crippen LogP contribution is 2.17. The minimum Gasteiger partial charge on any atom is -0.273 e. The van der Waals surface area contributed by atoms with Gasteiger partial charge in [-0.15, -0.1) is 11.8 Å². The van der Waals surface area contributed by atoms with Crippen molar-refractivity contribution in [1.82, 2.24) is 5.43 Å². The van der Waals surface area contributed by atoms with E-state index in [0.717, 1.165) is 4.90 Å². The molecule has 1 N–H and O–H groups in total. The maximum absolute atomic E-state index is 11.8. The van der Waals surface area contributed by atoms with E-state index >= 15 is 0 Å². The molecule has 124 valence electrons. The van der Waals surface area contributed by atoms with Crippen LogP contribution in [0.25, 0.3) is 0 Å². The van der Waals surface area contributed by atoms with Gasteiger partial charge in [-0.25, -0.2) is 5.43 Å². The SMILES string of the molecule is C/C(=N/NC(=O)CCSc1ccccc1)c1cccc([N+](=O)[O-])c1. The number of non-ortho nitro benzene ring substituents is 1. The maximum atomic E-state index is 11.8. The summed E-state index contributed by atoms with van der Waals surface area (Å²) in [7, 11) is 0. The summed E-state index contributed by atoms with van der Waals surface area (Å²) in [5.74, 6) is 0.463. The highest BCUT2D eigenvalue weighted by Gasteiger charge is 2.08. The van der Waals surface area contributed by atoms with Crippen LogP contribution < -0.4 is 5.43 Å². The molecule has 0 heterocycles. The average Bonchev–Trinajstić information content (AvgIpc) is 2.60. The lowest BCUT2D eigenvalue weighted by molar-refractivity contribution is -0.384. The Kier molecular flexibility index (Phi) is 6.51. The van der Waals surface area contributed by atoms with Crippen molar-refractivity contribution >= 4 is 29.1 Å². The monoisotopic (exact) mass is 343 g/mol. The first-order valence-electron chi connectivity index (χ1n) is 7.32. The first-order valence-corrected chi connectivity index (χ1v) is 8.30. The lowest BCUT2D eigenvalue weighted by atomic mass is 10.1. The first-order chi connectivity index (χ1) is 11.6. The summed E-state index contributed by atoms with van der Waals surface area (Å²) in [5.41, 5.74) is 3.59. The van der Waals surface area contributed by atoms with Crippen molar-refractivity contribution in [2.75, 3.05) is 5.75 Å². The molecule has 2 aromatic carbocycles. The standard InChI is InChI=1S/C17H17N3O3S/c1-13(14-6-5-7-15(12-14)20(22)23)18-19-17(21)10-11-24-16-8-3-2-4-9-16/h2-9,12H,10-11H2,1H3,(H,19,21)/b18-13-. The normalized spacial score (nSPS) is 11.1. The molecule has 0 bridgehead atoms. The zero-order chi connectivity index (χ0) is 17.4.